The predicted molar refractivity (Wildman–Crippen MR) is 58.5 cm³/mol. The van der Waals surface area contributed by atoms with Crippen molar-refractivity contribution < 1.29 is 9.90 Å². The maximum Gasteiger partial charge on any atom is 0.268 e. The van der Waals surface area contributed by atoms with Gasteiger partial charge in [0.1, 0.15) is 0 Å². The van der Waals surface area contributed by atoms with Crippen LogP contribution in [-0.2, 0) is 0 Å². The van der Waals surface area contributed by atoms with Gasteiger partial charge in [-0.3, -0.25) is 14.4 Å². The third-order valence-corrected chi connectivity index (χ3v) is 2.46. The summed E-state index contributed by atoms with van der Waals surface area (Å²) in [7, 11) is 0. The van der Waals surface area contributed by atoms with Gasteiger partial charge in [-0.2, -0.15) is 0 Å². The number of carbonyl (C=O) groups is 1. The lowest BCUT2D eigenvalue weighted by molar-refractivity contribution is 0.101. The molecule has 2 aromatic rings. The van der Waals surface area contributed by atoms with Crippen molar-refractivity contribution in [3.8, 4) is 16.9 Å². The number of hydrogen-bond donors (Lipinski definition) is 1. The Kier molecular flexibility index (Phi) is 2.20. The monoisotopic (exact) mass is 216 g/mol. The van der Waals surface area contributed by atoms with Gasteiger partial charge in [-0.25, -0.2) is 0 Å². The molecule has 0 atom stereocenters. The second-order valence-corrected chi connectivity index (χ2v) is 3.48. The van der Waals surface area contributed by atoms with Gasteiger partial charge in [0.15, 0.2) is 11.5 Å². The lowest BCUT2D eigenvalue weighted by Crippen LogP contribution is -2.32. The highest BCUT2D eigenvalue weighted by Gasteiger charge is 2.24. The summed E-state index contributed by atoms with van der Waals surface area (Å²) < 4.78 is 0. The van der Waals surface area contributed by atoms with Crippen LogP contribution in [0.25, 0.3) is 11.1 Å². The maximum absolute atomic E-state index is 11.3. The van der Waals surface area contributed by atoms with E-state index in [9.17, 15) is 19.5 Å². The highest BCUT2D eigenvalue weighted by molar-refractivity contribution is 6.01. The molecule has 0 saturated heterocycles. The molecular formula is C12H8O4. The largest absolute Gasteiger partial charge is 0.503 e. The van der Waals surface area contributed by atoms with Gasteiger partial charge in [0.25, 0.3) is 5.43 Å². The molecule has 16 heavy (non-hydrogen) atoms. The number of rotatable bonds is 2. The average Bonchev–Trinajstić information content (AvgIpc) is 2.29. The Balaban J connectivity index is 2.72. The fraction of sp³-hybridized carbons (Fsp3) is 0.0833. The van der Waals surface area contributed by atoms with Crippen molar-refractivity contribution >= 4 is 5.78 Å². The highest BCUT2D eigenvalue weighted by atomic mass is 16.3. The first kappa shape index (κ1) is 10.3. The van der Waals surface area contributed by atoms with Gasteiger partial charge in [-0.05, 0) is 6.92 Å². The number of ketones is 1. The van der Waals surface area contributed by atoms with E-state index in [4.69, 9.17) is 0 Å². The average molecular weight is 216 g/mol. The summed E-state index contributed by atoms with van der Waals surface area (Å²) in [6.07, 6.45) is 0. The van der Waals surface area contributed by atoms with E-state index in [1.54, 1.807) is 18.2 Å². The molecule has 0 amide bonds. The third-order valence-electron chi connectivity index (χ3n) is 2.46. The number of carbonyl (C=O) groups excluding carboxylic acids is 1. The predicted octanol–water partition coefficient (Wildman–Crippen LogP) is 0.858. The molecule has 0 spiro atoms. The summed E-state index contributed by atoms with van der Waals surface area (Å²) in [5.41, 5.74) is -1.06. The Bertz CT molecular complexity index is 645. The molecule has 4 heteroatoms. The minimum Gasteiger partial charge on any atom is -0.503 e. The van der Waals surface area contributed by atoms with Crippen LogP contribution in [0, 0.1) is 0 Å². The van der Waals surface area contributed by atoms with Gasteiger partial charge in [0, 0.05) is 11.1 Å². The lowest BCUT2D eigenvalue weighted by atomic mass is 9.94. The minimum atomic E-state index is -0.895. The number of Topliss-reactive ketones (excluding diaryl/α,β-unsaturated/α-hetero) is 1. The van der Waals surface area contributed by atoms with E-state index in [0.29, 0.717) is 11.1 Å². The smallest absolute Gasteiger partial charge is 0.268 e. The minimum absolute atomic E-state index is 0.0594. The summed E-state index contributed by atoms with van der Waals surface area (Å²) in [4.78, 5) is 33.5. The molecule has 2 aromatic carbocycles. The van der Waals surface area contributed by atoms with Crippen molar-refractivity contribution in [2.24, 2.45) is 0 Å². The summed E-state index contributed by atoms with van der Waals surface area (Å²) >= 11 is 0. The third kappa shape index (κ3) is 1.27. The zero-order chi connectivity index (χ0) is 11.9. The van der Waals surface area contributed by atoms with Crippen molar-refractivity contribution in [3.05, 3.63) is 50.3 Å². The van der Waals surface area contributed by atoms with Gasteiger partial charge in [0.05, 0.1) is 5.56 Å². The molecule has 0 aromatic heterocycles. The van der Waals surface area contributed by atoms with E-state index < -0.39 is 16.6 Å². The van der Waals surface area contributed by atoms with Crippen LogP contribution in [0.2, 0.25) is 0 Å². The van der Waals surface area contributed by atoms with Gasteiger partial charge >= 0.3 is 0 Å². The molecule has 4 nitrogen and oxygen atoms in total. The van der Waals surface area contributed by atoms with Gasteiger partial charge in [-0.1, -0.05) is 24.3 Å². The Labute approximate surface area is 90.5 Å². The molecule has 80 valence electrons. The molecule has 0 unspecified atom stereocenters. The van der Waals surface area contributed by atoms with Gasteiger partial charge in [-0.15, -0.1) is 0 Å². The van der Waals surface area contributed by atoms with Crippen LogP contribution in [0.1, 0.15) is 17.3 Å². The second-order valence-electron chi connectivity index (χ2n) is 3.48. The molecule has 0 aliphatic heterocycles. The first-order chi connectivity index (χ1) is 7.54. The number of hydrogen-bond acceptors (Lipinski definition) is 4. The topological polar surface area (TPSA) is 71.4 Å². The quantitative estimate of drug-likeness (QED) is 0.597. The lowest BCUT2D eigenvalue weighted by Gasteiger charge is -2.09. The van der Waals surface area contributed by atoms with Crippen molar-refractivity contribution in [3.63, 3.8) is 0 Å². The fourth-order valence-corrected chi connectivity index (χ4v) is 1.64. The van der Waals surface area contributed by atoms with Crippen LogP contribution in [0.5, 0.6) is 5.75 Å². The summed E-state index contributed by atoms with van der Waals surface area (Å²) in [6.45, 7) is 1.36. The van der Waals surface area contributed by atoms with Crippen LogP contribution < -0.4 is 10.9 Å². The Morgan fingerprint density at radius 2 is 1.75 bits per heavy atom. The van der Waals surface area contributed by atoms with Crippen LogP contribution >= 0.6 is 0 Å². The van der Waals surface area contributed by atoms with Crippen LogP contribution in [-0.4, -0.2) is 10.9 Å². The Hall–Kier alpha value is -2.23. The van der Waals surface area contributed by atoms with E-state index in [1.165, 1.54) is 13.0 Å². The molecule has 0 heterocycles. The molecule has 0 bridgehead atoms. The molecule has 2 rings (SSSR count). The molecule has 0 fully saturated rings. The summed E-state index contributed by atoms with van der Waals surface area (Å²) in [6, 6.07) is 6.38. The standard InChI is InChI=1S/C12H8O4/c1-6(13)7-4-2-3-5-8(7)9-10(14)12(16)11(9)15/h2-5,14H,1H3. The molecular weight excluding hydrogens is 208 g/mol. The highest BCUT2D eigenvalue weighted by Crippen LogP contribution is 2.27. The van der Waals surface area contributed by atoms with Gasteiger partial charge in [0.2, 0.25) is 5.43 Å². The normalized spacial score (nSPS) is 10.6. The summed E-state index contributed by atoms with van der Waals surface area (Å²) in [5, 5.41) is 9.30. The summed E-state index contributed by atoms with van der Waals surface area (Å²) in [5.74, 6) is -0.776. The molecule has 1 N–H and O–H groups in total. The van der Waals surface area contributed by atoms with Crippen LogP contribution in [0.3, 0.4) is 0 Å². The van der Waals surface area contributed by atoms with Crippen molar-refractivity contribution in [2.75, 3.05) is 0 Å². The van der Waals surface area contributed by atoms with Gasteiger partial charge < -0.3 is 5.11 Å². The van der Waals surface area contributed by atoms with E-state index in [2.05, 4.69) is 0 Å². The second kappa shape index (κ2) is 3.41. The molecule has 0 aliphatic rings. The maximum atomic E-state index is 11.3. The van der Waals surface area contributed by atoms with E-state index in [-0.39, 0.29) is 11.3 Å². The Morgan fingerprint density at radius 1 is 1.12 bits per heavy atom. The van der Waals surface area contributed by atoms with E-state index >= 15 is 0 Å². The van der Waals surface area contributed by atoms with Crippen LogP contribution in [0.4, 0.5) is 0 Å². The van der Waals surface area contributed by atoms with Crippen LogP contribution in [0.15, 0.2) is 33.9 Å². The van der Waals surface area contributed by atoms with E-state index in [1.807, 2.05) is 0 Å². The van der Waals surface area contributed by atoms with Crippen molar-refractivity contribution in [2.45, 2.75) is 6.92 Å². The Morgan fingerprint density at radius 3 is 2.31 bits per heavy atom. The SMILES string of the molecule is CC(=O)c1ccccc1-c1c(O)c(=O)c1=O. The first-order valence-corrected chi connectivity index (χ1v) is 4.66. The first-order valence-electron chi connectivity index (χ1n) is 4.66. The zero-order valence-corrected chi connectivity index (χ0v) is 8.48. The van der Waals surface area contributed by atoms with Crippen molar-refractivity contribution in [1.82, 2.24) is 0 Å². The number of aromatic hydroxyl groups is 1. The molecule has 0 aliphatic carbocycles. The van der Waals surface area contributed by atoms with Crippen molar-refractivity contribution in [1.29, 1.82) is 0 Å². The molecule has 0 radical (unpaired) electrons. The van der Waals surface area contributed by atoms with E-state index in [0.717, 1.165) is 0 Å². The zero-order valence-electron chi connectivity index (χ0n) is 8.48. The number of benzene rings is 1. The fourth-order valence-electron chi connectivity index (χ4n) is 1.64. The molecule has 0 saturated carbocycles.